The Morgan fingerprint density at radius 1 is 1.16 bits per heavy atom. The van der Waals surface area contributed by atoms with E-state index in [2.05, 4.69) is 16.8 Å². The zero-order valence-corrected chi connectivity index (χ0v) is 11.9. The molecule has 19 heavy (non-hydrogen) atoms. The molecule has 106 valence electrons. The average Bonchev–Trinajstić information content (AvgIpc) is 2.38. The number of benzene rings is 1. The summed E-state index contributed by atoms with van der Waals surface area (Å²) in [4.78, 5) is 4.47. The van der Waals surface area contributed by atoms with Crippen LogP contribution in [0, 0.1) is 5.21 Å². The second-order valence-corrected chi connectivity index (χ2v) is 6.90. The van der Waals surface area contributed by atoms with Crippen LogP contribution in [0.1, 0.15) is 0 Å². The van der Waals surface area contributed by atoms with Crippen molar-refractivity contribution in [2.24, 2.45) is 0 Å². The van der Waals surface area contributed by atoms with E-state index in [0.29, 0.717) is 0 Å². The minimum absolute atomic E-state index is 0.169. The van der Waals surface area contributed by atoms with Gasteiger partial charge in [0.05, 0.1) is 4.90 Å². The summed E-state index contributed by atoms with van der Waals surface area (Å²) in [6.45, 7) is 3.48. The van der Waals surface area contributed by atoms with Crippen LogP contribution in [0.2, 0.25) is 0 Å². The average molecular weight is 284 g/mol. The maximum atomic E-state index is 11.6. The van der Waals surface area contributed by atoms with E-state index in [1.165, 1.54) is 6.07 Å². The van der Waals surface area contributed by atoms with Gasteiger partial charge in [0.2, 0.25) is 0 Å². The molecule has 0 atom stereocenters. The Morgan fingerprint density at radius 3 is 2.32 bits per heavy atom. The van der Waals surface area contributed by atoms with Gasteiger partial charge in [0.15, 0.2) is 9.84 Å². The SMILES string of the molecule is CN1CCN(c2cc(N[O-])cc(S(C)(=O)=O)c2)CC1. The molecule has 7 heteroatoms. The molecule has 1 aromatic carbocycles. The fraction of sp³-hybridized carbons (Fsp3) is 0.500. The van der Waals surface area contributed by atoms with Gasteiger partial charge in [-0.1, -0.05) is 0 Å². The lowest BCUT2D eigenvalue weighted by Gasteiger charge is -2.34. The monoisotopic (exact) mass is 284 g/mol. The van der Waals surface area contributed by atoms with Crippen molar-refractivity contribution in [2.75, 3.05) is 49.9 Å². The summed E-state index contributed by atoms with van der Waals surface area (Å²) >= 11 is 0. The van der Waals surface area contributed by atoms with Gasteiger partial charge in [-0.25, -0.2) is 8.42 Å². The van der Waals surface area contributed by atoms with Crippen LogP contribution in [-0.2, 0) is 9.84 Å². The number of nitrogens with one attached hydrogen (secondary N) is 1. The molecule has 1 aliphatic heterocycles. The molecule has 0 saturated carbocycles. The van der Waals surface area contributed by atoms with E-state index in [0.717, 1.165) is 38.1 Å². The molecule has 1 N–H and O–H groups in total. The van der Waals surface area contributed by atoms with E-state index in [1.54, 1.807) is 17.6 Å². The van der Waals surface area contributed by atoms with Crippen molar-refractivity contribution in [3.8, 4) is 0 Å². The third-order valence-corrected chi connectivity index (χ3v) is 4.40. The molecule has 1 saturated heterocycles. The molecule has 0 bridgehead atoms. The lowest BCUT2D eigenvalue weighted by Crippen LogP contribution is -2.44. The largest absolute Gasteiger partial charge is 0.761 e. The van der Waals surface area contributed by atoms with Gasteiger partial charge in [0, 0.05) is 43.8 Å². The molecule has 0 spiro atoms. The van der Waals surface area contributed by atoms with Gasteiger partial charge in [0.25, 0.3) is 0 Å². The molecule has 0 radical (unpaired) electrons. The van der Waals surface area contributed by atoms with Gasteiger partial charge < -0.3 is 20.5 Å². The van der Waals surface area contributed by atoms with Crippen molar-refractivity contribution in [3.05, 3.63) is 23.4 Å². The van der Waals surface area contributed by atoms with Crippen LogP contribution < -0.4 is 10.4 Å². The quantitative estimate of drug-likeness (QED) is 0.826. The fourth-order valence-corrected chi connectivity index (χ4v) is 2.78. The van der Waals surface area contributed by atoms with Crippen molar-refractivity contribution in [1.29, 1.82) is 0 Å². The molecule has 1 heterocycles. The number of hydrogen-bond donors (Lipinski definition) is 1. The van der Waals surface area contributed by atoms with Crippen LogP contribution in [-0.4, -0.2) is 52.8 Å². The van der Waals surface area contributed by atoms with Crippen molar-refractivity contribution in [3.63, 3.8) is 0 Å². The summed E-state index contributed by atoms with van der Waals surface area (Å²) in [6.07, 6.45) is 1.14. The molecule has 1 aliphatic rings. The van der Waals surface area contributed by atoms with Crippen molar-refractivity contribution >= 4 is 21.2 Å². The Hall–Kier alpha value is -1.31. The molecule has 0 aromatic heterocycles. The predicted octanol–water partition coefficient (Wildman–Crippen LogP) is 0.752. The number of nitrogens with zero attached hydrogens (tertiary/aromatic N) is 2. The number of hydrogen-bond acceptors (Lipinski definition) is 6. The number of likely N-dealkylation sites (N-methyl/N-ethyl adjacent to an activating group) is 1. The standard InChI is InChI=1S/C12H18N3O3S/c1-14-3-5-15(6-4-14)11-7-10(13-16)8-12(9-11)19(2,17)18/h7-9,13H,3-6H2,1-2H3/q-1. The van der Waals surface area contributed by atoms with E-state index >= 15 is 0 Å². The topological polar surface area (TPSA) is 75.7 Å². The van der Waals surface area contributed by atoms with Gasteiger partial charge >= 0.3 is 0 Å². The zero-order chi connectivity index (χ0) is 14.0. The van der Waals surface area contributed by atoms with Gasteiger partial charge in [-0.3, -0.25) is 0 Å². The van der Waals surface area contributed by atoms with Crippen molar-refractivity contribution < 1.29 is 8.42 Å². The third-order valence-electron chi connectivity index (χ3n) is 3.31. The summed E-state index contributed by atoms with van der Waals surface area (Å²) < 4.78 is 23.3. The number of anilines is 2. The van der Waals surface area contributed by atoms with E-state index in [4.69, 9.17) is 0 Å². The molecule has 2 rings (SSSR count). The summed E-state index contributed by atoms with van der Waals surface area (Å²) in [5.74, 6) is 0. The van der Waals surface area contributed by atoms with Crippen LogP contribution in [0.4, 0.5) is 11.4 Å². The van der Waals surface area contributed by atoms with Crippen LogP contribution in [0.5, 0.6) is 0 Å². The minimum atomic E-state index is -3.32. The number of piperazine rings is 1. The molecule has 0 aliphatic carbocycles. The first-order chi connectivity index (χ1) is 8.90. The summed E-state index contributed by atoms with van der Waals surface area (Å²) in [6, 6.07) is 4.68. The van der Waals surface area contributed by atoms with E-state index < -0.39 is 9.84 Å². The van der Waals surface area contributed by atoms with Gasteiger partial charge in [-0.2, -0.15) is 0 Å². The van der Waals surface area contributed by atoms with Crippen molar-refractivity contribution in [1.82, 2.24) is 4.90 Å². The normalized spacial score (nSPS) is 17.5. The predicted molar refractivity (Wildman–Crippen MR) is 76.3 cm³/mol. The zero-order valence-electron chi connectivity index (χ0n) is 11.1. The lowest BCUT2D eigenvalue weighted by molar-refractivity contribution is 0.313. The second-order valence-electron chi connectivity index (χ2n) is 4.88. The summed E-state index contributed by atoms with van der Waals surface area (Å²) in [7, 11) is -1.27. The third kappa shape index (κ3) is 3.37. The first kappa shape index (κ1) is 14.1. The first-order valence-electron chi connectivity index (χ1n) is 6.07. The van der Waals surface area contributed by atoms with E-state index in [9.17, 15) is 13.6 Å². The Morgan fingerprint density at radius 2 is 1.79 bits per heavy atom. The van der Waals surface area contributed by atoms with Gasteiger partial charge in [-0.15, -0.1) is 0 Å². The van der Waals surface area contributed by atoms with Gasteiger partial charge in [-0.05, 0) is 25.2 Å². The molecule has 0 amide bonds. The Balaban J connectivity index is 2.35. The maximum absolute atomic E-state index is 11.6. The molecule has 1 aromatic rings. The number of sulfone groups is 1. The first-order valence-corrected chi connectivity index (χ1v) is 7.96. The van der Waals surface area contributed by atoms with Crippen LogP contribution in [0.25, 0.3) is 0 Å². The molecule has 6 nitrogen and oxygen atoms in total. The van der Waals surface area contributed by atoms with Gasteiger partial charge in [0.1, 0.15) is 0 Å². The smallest absolute Gasteiger partial charge is 0.175 e. The molecular weight excluding hydrogens is 266 g/mol. The van der Waals surface area contributed by atoms with Crippen LogP contribution in [0.15, 0.2) is 23.1 Å². The van der Waals surface area contributed by atoms with Crippen LogP contribution >= 0.6 is 0 Å². The Labute approximate surface area is 113 Å². The Kier molecular flexibility index (Phi) is 3.98. The highest BCUT2D eigenvalue weighted by molar-refractivity contribution is 7.90. The minimum Gasteiger partial charge on any atom is -0.761 e. The molecule has 1 fully saturated rings. The highest BCUT2D eigenvalue weighted by atomic mass is 32.2. The summed E-state index contributed by atoms with van der Waals surface area (Å²) in [5, 5.41) is 10.8. The maximum Gasteiger partial charge on any atom is 0.175 e. The second kappa shape index (κ2) is 5.36. The number of rotatable bonds is 3. The highest BCUT2D eigenvalue weighted by Crippen LogP contribution is 2.26. The van der Waals surface area contributed by atoms with Crippen molar-refractivity contribution in [2.45, 2.75) is 4.90 Å². The fourth-order valence-electron chi connectivity index (χ4n) is 2.10. The van der Waals surface area contributed by atoms with Crippen LogP contribution in [0.3, 0.4) is 0 Å². The van der Waals surface area contributed by atoms with E-state index in [1.807, 2.05) is 0 Å². The highest BCUT2D eigenvalue weighted by Gasteiger charge is 2.17. The van der Waals surface area contributed by atoms with E-state index in [-0.39, 0.29) is 10.6 Å². The summed E-state index contributed by atoms with van der Waals surface area (Å²) in [5.41, 5.74) is 2.82. The molecular formula is C12H18N3O3S-. The lowest BCUT2D eigenvalue weighted by atomic mass is 10.2. The Bertz CT molecular complexity index is 551. The molecule has 0 unspecified atom stereocenters.